The van der Waals surface area contributed by atoms with Crippen molar-refractivity contribution in [1.29, 1.82) is 0 Å². The van der Waals surface area contributed by atoms with Crippen molar-refractivity contribution in [2.45, 2.75) is 39.5 Å². The molecule has 1 unspecified atom stereocenters. The fourth-order valence-electron chi connectivity index (χ4n) is 0.953. The molecular weight excluding hydrogens is 261 g/mol. The average molecular weight is 278 g/mol. The second-order valence-electron chi connectivity index (χ2n) is 2.59. The normalized spacial score (nSPS) is 11.8. The molecule has 0 bridgehead atoms. The van der Waals surface area contributed by atoms with E-state index in [-0.39, 0.29) is 76.2 Å². The van der Waals surface area contributed by atoms with E-state index in [9.17, 15) is 4.79 Å². The van der Waals surface area contributed by atoms with E-state index in [4.69, 9.17) is 5.11 Å². The van der Waals surface area contributed by atoms with Crippen molar-refractivity contribution in [3.63, 3.8) is 0 Å². The summed E-state index contributed by atoms with van der Waals surface area (Å²) in [5.74, 6) is -0.754. The average Bonchev–Trinajstić information content (AvgIpc) is 1.89. The first-order valence-electron chi connectivity index (χ1n) is 3.95. The van der Waals surface area contributed by atoms with Gasteiger partial charge in [-0.05, 0) is 12.8 Å². The van der Waals surface area contributed by atoms with Crippen molar-refractivity contribution in [3.05, 3.63) is 0 Å². The first kappa shape index (κ1) is 15.0. The summed E-state index contributed by atoms with van der Waals surface area (Å²) in [7, 11) is 0. The maximum Gasteiger partial charge on any atom is 1.00 e. The Hall–Kier alpha value is 1.52. The Morgan fingerprint density at radius 1 is 1.55 bits per heavy atom. The van der Waals surface area contributed by atoms with Crippen LogP contribution in [0.5, 0.6) is 0 Å². The summed E-state index contributed by atoms with van der Waals surface area (Å²) in [5.41, 5.74) is 0. The van der Waals surface area contributed by atoms with Gasteiger partial charge in [0.05, 0.1) is 5.92 Å². The van der Waals surface area contributed by atoms with E-state index in [1.54, 1.807) is 0 Å². The van der Waals surface area contributed by atoms with Gasteiger partial charge in [-0.25, -0.2) is 0 Å². The molecule has 2 nitrogen and oxygen atoms in total. The predicted molar refractivity (Wildman–Crippen MR) is 42.1 cm³/mol. The Labute approximate surface area is 129 Å². The van der Waals surface area contributed by atoms with E-state index < -0.39 is 5.97 Å². The number of hydrogen-bond acceptors (Lipinski definition) is 1. The first-order chi connectivity index (χ1) is 4.72. The number of rotatable bonds is 5. The molecule has 0 heterocycles. The van der Waals surface area contributed by atoms with Crippen molar-refractivity contribution in [3.8, 4) is 0 Å². The zero-order valence-corrected chi connectivity index (χ0v) is 14.0. The smallest absolute Gasteiger partial charge is 1.00 e. The molecule has 0 fully saturated rings. The van der Waals surface area contributed by atoms with Gasteiger partial charge in [-0.2, -0.15) is 0 Å². The molecule has 0 saturated heterocycles. The van der Waals surface area contributed by atoms with E-state index in [0.717, 1.165) is 25.7 Å². The molecule has 0 rings (SSSR count). The topological polar surface area (TPSA) is 37.3 Å². The van der Waals surface area contributed by atoms with Gasteiger partial charge >= 0.3 is 74.9 Å². The number of hydrogen-bond donors (Lipinski definition) is 1. The van der Waals surface area contributed by atoms with Crippen molar-refractivity contribution in [1.82, 2.24) is 0 Å². The van der Waals surface area contributed by atoms with Crippen LogP contribution in [0.3, 0.4) is 0 Å². The van der Waals surface area contributed by atoms with Gasteiger partial charge in [-0.15, -0.1) is 0 Å². The molecule has 0 aliphatic carbocycles. The molecule has 1 atom stereocenters. The quantitative estimate of drug-likeness (QED) is 0.729. The number of carboxylic acids is 1. The van der Waals surface area contributed by atoms with Crippen LogP contribution in [0.25, 0.3) is 0 Å². The minimum atomic E-state index is -0.643. The van der Waals surface area contributed by atoms with Crippen LogP contribution in [0.15, 0.2) is 0 Å². The molecule has 0 saturated carbocycles. The summed E-state index contributed by atoms with van der Waals surface area (Å²) in [6, 6.07) is 0. The monoisotopic (exact) mass is 278 g/mol. The third kappa shape index (κ3) is 7.87. The summed E-state index contributed by atoms with van der Waals surface area (Å²) in [6.07, 6.45) is 3.71. The molecule has 62 valence electrons. The van der Waals surface area contributed by atoms with Crippen molar-refractivity contribution >= 4 is 5.97 Å². The second kappa shape index (κ2) is 9.61. The van der Waals surface area contributed by atoms with Crippen LogP contribution in [0.4, 0.5) is 0 Å². The molecular formula is C8H17CsO2. The second-order valence-corrected chi connectivity index (χ2v) is 2.59. The van der Waals surface area contributed by atoms with E-state index >= 15 is 0 Å². The maximum atomic E-state index is 10.4. The van der Waals surface area contributed by atoms with E-state index in [2.05, 4.69) is 6.92 Å². The molecule has 0 aromatic rings. The van der Waals surface area contributed by atoms with Gasteiger partial charge < -0.3 is 6.53 Å². The fraction of sp³-hybridized carbons (Fsp3) is 0.875. The number of carboxylic acid groups (broad SMARTS) is 1. The minimum Gasteiger partial charge on any atom is -1.00 e. The van der Waals surface area contributed by atoms with Gasteiger partial charge in [0, 0.05) is 0 Å². The van der Waals surface area contributed by atoms with Crippen LogP contribution in [-0.2, 0) is 4.79 Å². The van der Waals surface area contributed by atoms with Gasteiger partial charge in [0.25, 0.3) is 0 Å². The number of aliphatic carboxylic acids is 1. The van der Waals surface area contributed by atoms with Gasteiger partial charge in [-0.1, -0.05) is 26.7 Å². The van der Waals surface area contributed by atoms with Crippen molar-refractivity contribution in [2.75, 3.05) is 0 Å². The fourth-order valence-corrected chi connectivity index (χ4v) is 0.953. The molecule has 11 heavy (non-hydrogen) atoms. The Bertz CT molecular complexity index is 109. The maximum absolute atomic E-state index is 10.4. The van der Waals surface area contributed by atoms with Crippen LogP contribution in [-0.4, -0.2) is 11.1 Å². The summed E-state index contributed by atoms with van der Waals surface area (Å²) in [5, 5.41) is 8.60. The molecule has 0 amide bonds. The van der Waals surface area contributed by atoms with Crippen LogP contribution >= 0.6 is 0 Å². The molecule has 0 aromatic heterocycles. The first-order valence-corrected chi connectivity index (χ1v) is 3.95. The minimum absolute atomic E-state index is 0. The van der Waals surface area contributed by atoms with Crippen LogP contribution in [0.1, 0.15) is 41.0 Å². The third-order valence-corrected chi connectivity index (χ3v) is 1.75. The molecule has 0 aromatic carbocycles. The van der Waals surface area contributed by atoms with Crippen molar-refractivity contribution < 1.29 is 80.2 Å². The van der Waals surface area contributed by atoms with Crippen LogP contribution in [0.2, 0.25) is 0 Å². The third-order valence-electron chi connectivity index (χ3n) is 1.75. The molecule has 1 N–H and O–H groups in total. The molecule has 0 aliphatic rings. The largest absolute Gasteiger partial charge is 1.00 e. The molecule has 3 heteroatoms. The van der Waals surface area contributed by atoms with Gasteiger partial charge in [0.2, 0.25) is 0 Å². The summed E-state index contributed by atoms with van der Waals surface area (Å²) >= 11 is 0. The Balaban J connectivity index is -0.000000405. The van der Waals surface area contributed by atoms with Gasteiger partial charge in [0.15, 0.2) is 0 Å². The Kier molecular flexibility index (Phi) is 13.1. The standard InChI is InChI=1S/C8H16O2.Cs.H/c1-3-5-6-7(4-2)8(9)10;;/h7H,3-6H2,1-2H3,(H,9,10);;/q;+1;-1. The van der Waals surface area contributed by atoms with Gasteiger partial charge in [-0.3, -0.25) is 4.79 Å². The molecule has 0 aliphatic heterocycles. The summed E-state index contributed by atoms with van der Waals surface area (Å²) in [4.78, 5) is 10.4. The SMILES string of the molecule is CCCCC(CC)C(=O)O.[Cs+].[H-]. The molecule has 0 radical (unpaired) electrons. The Morgan fingerprint density at radius 3 is 2.36 bits per heavy atom. The zero-order chi connectivity index (χ0) is 7.98. The van der Waals surface area contributed by atoms with Gasteiger partial charge in [0.1, 0.15) is 0 Å². The summed E-state index contributed by atoms with van der Waals surface area (Å²) in [6.45, 7) is 4.00. The van der Waals surface area contributed by atoms with Crippen LogP contribution < -0.4 is 68.9 Å². The number of unbranched alkanes of at least 4 members (excludes halogenated alkanes) is 1. The van der Waals surface area contributed by atoms with E-state index in [1.165, 1.54) is 0 Å². The predicted octanol–water partition coefficient (Wildman–Crippen LogP) is -0.596. The zero-order valence-electron chi connectivity index (χ0n) is 8.76. The summed E-state index contributed by atoms with van der Waals surface area (Å²) < 4.78 is 0. The van der Waals surface area contributed by atoms with Crippen molar-refractivity contribution in [2.24, 2.45) is 5.92 Å². The van der Waals surface area contributed by atoms with Crippen LogP contribution in [0, 0.1) is 5.92 Å². The van der Waals surface area contributed by atoms with E-state index in [0.29, 0.717) is 0 Å². The molecule has 0 spiro atoms. The number of carbonyl (C=O) groups is 1. The Morgan fingerprint density at radius 2 is 2.09 bits per heavy atom. The van der Waals surface area contributed by atoms with E-state index in [1.807, 2.05) is 6.92 Å².